The standard InChI is InChI=1S/C19H18N4OS/c1-22-12-4-6-16(22)18-17(15-5-2-3-11-20-15)21-19(25)23(18)13-7-9-14(24)10-8-13/h2-12,17-18,24H,1H3,(H,21,25)/t17-,18-/m0/s1. The Balaban J connectivity index is 1.83. The Morgan fingerprint density at radius 3 is 2.52 bits per heavy atom. The minimum absolute atomic E-state index is 0.0352. The summed E-state index contributed by atoms with van der Waals surface area (Å²) in [4.78, 5) is 6.62. The zero-order chi connectivity index (χ0) is 17.4. The molecule has 6 heteroatoms. The van der Waals surface area contributed by atoms with E-state index in [1.807, 2.05) is 49.6 Å². The summed E-state index contributed by atoms with van der Waals surface area (Å²) in [6, 6.07) is 17.0. The lowest BCUT2D eigenvalue weighted by Crippen LogP contribution is -2.30. The topological polar surface area (TPSA) is 53.3 Å². The Morgan fingerprint density at radius 1 is 1.08 bits per heavy atom. The summed E-state index contributed by atoms with van der Waals surface area (Å²) in [6.07, 6.45) is 3.83. The van der Waals surface area contributed by atoms with E-state index >= 15 is 0 Å². The van der Waals surface area contributed by atoms with Crippen LogP contribution in [0.4, 0.5) is 5.69 Å². The molecule has 3 heterocycles. The highest BCUT2D eigenvalue weighted by atomic mass is 32.1. The van der Waals surface area contributed by atoms with Crippen molar-refractivity contribution >= 4 is 23.0 Å². The van der Waals surface area contributed by atoms with Crippen LogP contribution in [0.1, 0.15) is 23.5 Å². The third kappa shape index (κ3) is 2.74. The van der Waals surface area contributed by atoms with Crippen LogP contribution in [-0.2, 0) is 7.05 Å². The highest BCUT2D eigenvalue weighted by Crippen LogP contribution is 2.41. The van der Waals surface area contributed by atoms with Crippen molar-refractivity contribution in [1.29, 1.82) is 0 Å². The zero-order valence-corrected chi connectivity index (χ0v) is 14.5. The maximum atomic E-state index is 9.61. The van der Waals surface area contributed by atoms with Gasteiger partial charge in [0.25, 0.3) is 0 Å². The van der Waals surface area contributed by atoms with E-state index in [0.717, 1.165) is 17.1 Å². The van der Waals surface area contributed by atoms with Crippen LogP contribution in [0.2, 0.25) is 0 Å². The predicted octanol–water partition coefficient (Wildman–Crippen LogP) is 3.30. The second-order valence-corrected chi connectivity index (χ2v) is 6.44. The molecular formula is C19H18N4OS. The molecule has 0 unspecified atom stereocenters. The number of benzene rings is 1. The highest BCUT2D eigenvalue weighted by molar-refractivity contribution is 7.80. The fourth-order valence-corrected chi connectivity index (χ4v) is 3.67. The molecule has 0 amide bonds. The Morgan fingerprint density at radius 2 is 1.88 bits per heavy atom. The van der Waals surface area contributed by atoms with Crippen molar-refractivity contribution in [1.82, 2.24) is 14.9 Å². The van der Waals surface area contributed by atoms with E-state index in [4.69, 9.17) is 12.2 Å². The van der Waals surface area contributed by atoms with Gasteiger partial charge in [-0.1, -0.05) is 6.07 Å². The summed E-state index contributed by atoms with van der Waals surface area (Å²) in [5, 5.41) is 13.7. The summed E-state index contributed by atoms with van der Waals surface area (Å²) in [5.41, 5.74) is 3.01. The van der Waals surface area contributed by atoms with Crippen molar-refractivity contribution < 1.29 is 5.11 Å². The average Bonchev–Trinajstić information content (AvgIpc) is 3.19. The Hall–Kier alpha value is -2.86. The normalized spacial score (nSPS) is 19.9. The molecule has 0 saturated carbocycles. The van der Waals surface area contributed by atoms with E-state index < -0.39 is 0 Å². The molecule has 1 fully saturated rings. The van der Waals surface area contributed by atoms with Gasteiger partial charge in [0.05, 0.1) is 11.7 Å². The van der Waals surface area contributed by atoms with Crippen LogP contribution in [0, 0.1) is 0 Å². The molecule has 3 aromatic rings. The minimum atomic E-state index is -0.0592. The van der Waals surface area contributed by atoms with E-state index in [0.29, 0.717) is 5.11 Å². The summed E-state index contributed by atoms with van der Waals surface area (Å²) in [7, 11) is 2.03. The van der Waals surface area contributed by atoms with Gasteiger partial charge in [0.1, 0.15) is 11.8 Å². The van der Waals surface area contributed by atoms with Crippen LogP contribution in [0.25, 0.3) is 0 Å². The molecule has 2 atom stereocenters. The van der Waals surface area contributed by atoms with E-state index in [1.165, 1.54) is 0 Å². The predicted molar refractivity (Wildman–Crippen MR) is 101 cm³/mol. The van der Waals surface area contributed by atoms with Crippen molar-refractivity contribution in [3.8, 4) is 5.75 Å². The molecule has 1 aliphatic heterocycles. The number of aromatic hydroxyl groups is 1. The second-order valence-electron chi connectivity index (χ2n) is 6.06. The van der Waals surface area contributed by atoms with Crippen molar-refractivity contribution in [2.75, 3.05) is 4.90 Å². The van der Waals surface area contributed by atoms with Gasteiger partial charge in [-0.15, -0.1) is 0 Å². The maximum absolute atomic E-state index is 9.61. The zero-order valence-electron chi connectivity index (χ0n) is 13.7. The molecule has 0 spiro atoms. The number of anilines is 1. The first-order chi connectivity index (χ1) is 12.1. The quantitative estimate of drug-likeness (QED) is 0.710. The van der Waals surface area contributed by atoms with Gasteiger partial charge in [-0.3, -0.25) is 4.98 Å². The summed E-state index contributed by atoms with van der Waals surface area (Å²) in [5.74, 6) is 0.235. The van der Waals surface area contributed by atoms with Crippen LogP contribution in [0.3, 0.4) is 0 Å². The number of phenolic OH excluding ortho intramolecular Hbond substituents is 1. The molecule has 25 heavy (non-hydrogen) atoms. The molecule has 1 aliphatic rings. The van der Waals surface area contributed by atoms with E-state index in [-0.39, 0.29) is 17.8 Å². The van der Waals surface area contributed by atoms with Crippen molar-refractivity contribution in [2.45, 2.75) is 12.1 Å². The Kier molecular flexibility index (Phi) is 3.89. The van der Waals surface area contributed by atoms with Gasteiger partial charge < -0.3 is 19.9 Å². The number of pyridine rings is 1. The molecule has 2 N–H and O–H groups in total. The molecular weight excluding hydrogens is 332 g/mol. The van der Waals surface area contributed by atoms with Crippen molar-refractivity contribution in [2.24, 2.45) is 7.05 Å². The number of nitrogens with zero attached hydrogens (tertiary/aromatic N) is 3. The monoisotopic (exact) mass is 350 g/mol. The van der Waals surface area contributed by atoms with Gasteiger partial charge in [-0.25, -0.2) is 0 Å². The average molecular weight is 350 g/mol. The van der Waals surface area contributed by atoms with Crippen LogP contribution < -0.4 is 10.2 Å². The summed E-state index contributed by atoms with van der Waals surface area (Å²) >= 11 is 5.64. The highest BCUT2D eigenvalue weighted by Gasteiger charge is 2.41. The molecule has 0 bridgehead atoms. The second kappa shape index (κ2) is 6.22. The van der Waals surface area contributed by atoms with Crippen LogP contribution >= 0.6 is 12.2 Å². The summed E-state index contributed by atoms with van der Waals surface area (Å²) < 4.78 is 2.10. The lowest BCUT2D eigenvalue weighted by atomic mass is 10.0. The first kappa shape index (κ1) is 15.7. The van der Waals surface area contributed by atoms with E-state index in [1.54, 1.807) is 18.3 Å². The molecule has 2 aromatic heterocycles. The number of aromatic nitrogens is 2. The number of hydrogen-bond donors (Lipinski definition) is 2. The van der Waals surface area contributed by atoms with Crippen LogP contribution in [0.15, 0.2) is 67.0 Å². The van der Waals surface area contributed by atoms with E-state index in [2.05, 4.69) is 25.8 Å². The largest absolute Gasteiger partial charge is 0.508 e. The fraction of sp³-hybridized carbons (Fsp3) is 0.158. The lowest BCUT2D eigenvalue weighted by Gasteiger charge is -2.28. The number of hydrogen-bond acceptors (Lipinski definition) is 3. The number of thiocarbonyl (C=S) groups is 1. The summed E-state index contributed by atoms with van der Waals surface area (Å²) in [6.45, 7) is 0. The molecule has 1 saturated heterocycles. The first-order valence-electron chi connectivity index (χ1n) is 8.06. The molecule has 4 rings (SSSR count). The van der Waals surface area contributed by atoms with Crippen LogP contribution in [-0.4, -0.2) is 19.8 Å². The first-order valence-corrected chi connectivity index (χ1v) is 8.47. The third-order valence-electron chi connectivity index (χ3n) is 4.51. The lowest BCUT2D eigenvalue weighted by molar-refractivity contribution is 0.475. The molecule has 0 radical (unpaired) electrons. The van der Waals surface area contributed by atoms with E-state index in [9.17, 15) is 5.11 Å². The number of rotatable bonds is 3. The van der Waals surface area contributed by atoms with Gasteiger partial charge in [0, 0.05) is 30.8 Å². The number of phenols is 1. The number of aryl methyl sites for hydroxylation is 1. The van der Waals surface area contributed by atoms with Gasteiger partial charge in [0.15, 0.2) is 5.11 Å². The SMILES string of the molecule is Cn1cccc1[C@H]1[C@H](c2ccccn2)NC(=S)N1c1ccc(O)cc1. The third-order valence-corrected chi connectivity index (χ3v) is 4.83. The Labute approximate surface area is 151 Å². The van der Waals surface area contributed by atoms with Gasteiger partial charge in [-0.05, 0) is 60.7 Å². The molecule has 0 aliphatic carbocycles. The van der Waals surface area contributed by atoms with Gasteiger partial charge in [0.2, 0.25) is 0 Å². The molecule has 1 aromatic carbocycles. The fourth-order valence-electron chi connectivity index (χ4n) is 3.33. The Bertz CT molecular complexity index is 891. The van der Waals surface area contributed by atoms with Gasteiger partial charge >= 0.3 is 0 Å². The number of nitrogens with one attached hydrogen (secondary N) is 1. The van der Waals surface area contributed by atoms with Crippen LogP contribution in [0.5, 0.6) is 5.75 Å². The molecule has 126 valence electrons. The smallest absolute Gasteiger partial charge is 0.174 e. The van der Waals surface area contributed by atoms with Crippen molar-refractivity contribution in [3.05, 3.63) is 78.4 Å². The molecule has 5 nitrogen and oxygen atoms in total. The van der Waals surface area contributed by atoms with Crippen molar-refractivity contribution in [3.63, 3.8) is 0 Å². The maximum Gasteiger partial charge on any atom is 0.174 e. The minimum Gasteiger partial charge on any atom is -0.508 e. The van der Waals surface area contributed by atoms with Gasteiger partial charge in [-0.2, -0.15) is 0 Å².